The van der Waals surface area contributed by atoms with E-state index in [9.17, 15) is 0 Å². The molecule has 0 unspecified atom stereocenters. The highest BCUT2D eigenvalue weighted by atomic mass is 15.3. The molecule has 0 saturated heterocycles. The number of rotatable bonds is 5. The van der Waals surface area contributed by atoms with Crippen molar-refractivity contribution in [1.82, 2.24) is 24.3 Å². The third kappa shape index (κ3) is 3.06. The van der Waals surface area contributed by atoms with Gasteiger partial charge in [0.1, 0.15) is 0 Å². The van der Waals surface area contributed by atoms with Crippen LogP contribution in [0.15, 0.2) is 55.0 Å². The van der Waals surface area contributed by atoms with E-state index in [1.165, 1.54) is 10.9 Å². The lowest BCUT2D eigenvalue weighted by Gasteiger charge is -2.18. The predicted octanol–water partition coefficient (Wildman–Crippen LogP) is 3.28. The Labute approximate surface area is 152 Å². The Balaban J connectivity index is 1.52. The van der Waals surface area contributed by atoms with Gasteiger partial charge in [0.15, 0.2) is 0 Å². The second-order valence-electron chi connectivity index (χ2n) is 6.53. The van der Waals surface area contributed by atoms with Crippen LogP contribution in [0.2, 0.25) is 0 Å². The number of aromatic nitrogens is 5. The number of para-hydroxylation sites is 1. The van der Waals surface area contributed by atoms with E-state index >= 15 is 0 Å². The number of anilines is 1. The van der Waals surface area contributed by atoms with Gasteiger partial charge in [-0.15, -0.1) is 0 Å². The van der Waals surface area contributed by atoms with E-state index in [4.69, 9.17) is 4.98 Å². The lowest BCUT2D eigenvalue weighted by atomic mass is 10.2. The van der Waals surface area contributed by atoms with E-state index in [1.54, 1.807) is 0 Å². The molecule has 0 radical (unpaired) electrons. The fraction of sp³-hybridized carbons (Fsp3) is 0.250. The number of nitrogens with zero attached hydrogens (tertiary/aromatic N) is 6. The summed E-state index contributed by atoms with van der Waals surface area (Å²) in [6.07, 6.45) is 5.94. The minimum atomic E-state index is 0.724. The summed E-state index contributed by atoms with van der Waals surface area (Å²) in [6.45, 7) is 3.70. The fourth-order valence-electron chi connectivity index (χ4n) is 3.23. The number of aryl methyl sites for hydroxylation is 2. The van der Waals surface area contributed by atoms with Crippen molar-refractivity contribution in [2.75, 3.05) is 18.5 Å². The zero-order valence-electron chi connectivity index (χ0n) is 15.3. The van der Waals surface area contributed by atoms with Crippen LogP contribution in [0.1, 0.15) is 5.69 Å². The van der Waals surface area contributed by atoms with Crippen LogP contribution in [0.5, 0.6) is 0 Å². The lowest BCUT2D eigenvalue weighted by molar-refractivity contribution is 0.696. The molecule has 26 heavy (non-hydrogen) atoms. The van der Waals surface area contributed by atoms with Crippen LogP contribution in [0.3, 0.4) is 0 Å². The standard InChI is InChI=1S/C20H22N6/c1-15-17(14-25(3)23-15)18-8-10-21-20(22-18)24(2)12-13-26-11-9-16-6-4-5-7-19(16)26/h4-11,14H,12-13H2,1-3H3. The van der Waals surface area contributed by atoms with Crippen LogP contribution in [-0.4, -0.2) is 37.9 Å². The van der Waals surface area contributed by atoms with Crippen LogP contribution in [0, 0.1) is 6.92 Å². The molecular formula is C20H22N6. The number of fused-ring (bicyclic) bond motifs is 1. The first-order valence-corrected chi connectivity index (χ1v) is 8.70. The van der Waals surface area contributed by atoms with Gasteiger partial charge >= 0.3 is 0 Å². The molecule has 0 amide bonds. The molecule has 0 saturated carbocycles. The molecule has 0 N–H and O–H groups in total. The maximum Gasteiger partial charge on any atom is 0.225 e. The van der Waals surface area contributed by atoms with Crippen molar-refractivity contribution < 1.29 is 0 Å². The van der Waals surface area contributed by atoms with E-state index in [2.05, 4.69) is 56.1 Å². The molecule has 4 aromatic rings. The predicted molar refractivity (Wildman–Crippen MR) is 104 cm³/mol. The molecule has 132 valence electrons. The van der Waals surface area contributed by atoms with Crippen molar-refractivity contribution >= 4 is 16.9 Å². The van der Waals surface area contributed by atoms with Crippen molar-refractivity contribution in [2.45, 2.75) is 13.5 Å². The molecule has 0 bridgehead atoms. The van der Waals surface area contributed by atoms with Crippen molar-refractivity contribution in [1.29, 1.82) is 0 Å². The molecule has 1 aromatic carbocycles. The van der Waals surface area contributed by atoms with Crippen LogP contribution in [0.25, 0.3) is 22.2 Å². The Morgan fingerprint density at radius 2 is 1.96 bits per heavy atom. The molecule has 3 aromatic heterocycles. The lowest BCUT2D eigenvalue weighted by Crippen LogP contribution is -2.24. The molecular weight excluding hydrogens is 324 g/mol. The van der Waals surface area contributed by atoms with Gasteiger partial charge in [-0.1, -0.05) is 18.2 Å². The average molecular weight is 346 g/mol. The molecule has 6 heteroatoms. The summed E-state index contributed by atoms with van der Waals surface area (Å²) in [5.41, 5.74) is 4.17. The maximum atomic E-state index is 4.73. The summed E-state index contributed by atoms with van der Waals surface area (Å²) in [5.74, 6) is 0.724. The van der Waals surface area contributed by atoms with E-state index < -0.39 is 0 Å². The SMILES string of the molecule is Cc1nn(C)cc1-c1ccnc(N(C)CCn2ccc3ccccc32)n1. The minimum absolute atomic E-state index is 0.724. The molecule has 0 aliphatic carbocycles. The molecule has 0 aliphatic rings. The molecule has 0 atom stereocenters. The third-order valence-corrected chi connectivity index (χ3v) is 4.63. The van der Waals surface area contributed by atoms with E-state index in [0.29, 0.717) is 0 Å². The summed E-state index contributed by atoms with van der Waals surface area (Å²) in [5, 5.41) is 5.66. The second-order valence-corrected chi connectivity index (χ2v) is 6.53. The van der Waals surface area contributed by atoms with E-state index in [-0.39, 0.29) is 0 Å². The molecule has 0 spiro atoms. The second kappa shape index (κ2) is 6.63. The highest BCUT2D eigenvalue weighted by molar-refractivity contribution is 5.79. The zero-order valence-corrected chi connectivity index (χ0v) is 15.3. The molecule has 0 fully saturated rings. The van der Waals surface area contributed by atoms with Gasteiger partial charge in [-0.2, -0.15) is 5.10 Å². The third-order valence-electron chi connectivity index (χ3n) is 4.63. The van der Waals surface area contributed by atoms with Gasteiger partial charge in [-0.05, 0) is 30.5 Å². The van der Waals surface area contributed by atoms with E-state index in [0.717, 1.165) is 36.0 Å². The van der Waals surface area contributed by atoms with Gasteiger partial charge < -0.3 is 9.47 Å². The van der Waals surface area contributed by atoms with Gasteiger partial charge in [-0.3, -0.25) is 4.68 Å². The van der Waals surface area contributed by atoms with Gasteiger partial charge in [0.2, 0.25) is 5.95 Å². The number of benzene rings is 1. The van der Waals surface area contributed by atoms with Crippen molar-refractivity contribution in [3.8, 4) is 11.3 Å². The quantitative estimate of drug-likeness (QED) is 0.556. The zero-order chi connectivity index (χ0) is 18.1. The monoisotopic (exact) mass is 346 g/mol. The summed E-state index contributed by atoms with van der Waals surface area (Å²) >= 11 is 0. The largest absolute Gasteiger partial charge is 0.346 e. The van der Waals surface area contributed by atoms with Crippen molar-refractivity contribution in [3.63, 3.8) is 0 Å². The summed E-state index contributed by atoms with van der Waals surface area (Å²) in [7, 11) is 3.95. The Kier molecular flexibility index (Phi) is 4.16. The summed E-state index contributed by atoms with van der Waals surface area (Å²) < 4.78 is 4.08. The Hall–Kier alpha value is -3.15. The van der Waals surface area contributed by atoms with Crippen LogP contribution < -0.4 is 4.90 Å². The smallest absolute Gasteiger partial charge is 0.225 e. The van der Waals surface area contributed by atoms with Crippen LogP contribution >= 0.6 is 0 Å². The number of hydrogen-bond acceptors (Lipinski definition) is 4. The Morgan fingerprint density at radius 3 is 2.77 bits per heavy atom. The summed E-state index contributed by atoms with van der Waals surface area (Å²) in [6, 6.07) is 12.5. The van der Waals surface area contributed by atoms with Crippen LogP contribution in [-0.2, 0) is 13.6 Å². The first kappa shape index (κ1) is 16.3. The molecule has 3 heterocycles. The first-order valence-electron chi connectivity index (χ1n) is 8.70. The first-order chi connectivity index (χ1) is 12.6. The van der Waals surface area contributed by atoms with Crippen molar-refractivity contribution in [3.05, 3.63) is 60.7 Å². The van der Waals surface area contributed by atoms with Crippen LogP contribution in [0.4, 0.5) is 5.95 Å². The topological polar surface area (TPSA) is 51.8 Å². The Bertz CT molecular complexity index is 1050. The van der Waals surface area contributed by atoms with Gasteiger partial charge in [-0.25, -0.2) is 9.97 Å². The normalized spacial score (nSPS) is 11.2. The van der Waals surface area contributed by atoms with Crippen molar-refractivity contribution in [2.24, 2.45) is 7.05 Å². The average Bonchev–Trinajstić information content (AvgIpc) is 3.22. The molecule has 6 nitrogen and oxygen atoms in total. The Morgan fingerprint density at radius 1 is 1.12 bits per heavy atom. The fourth-order valence-corrected chi connectivity index (χ4v) is 3.23. The van der Waals surface area contributed by atoms with E-state index in [1.807, 2.05) is 44.2 Å². The molecule has 0 aliphatic heterocycles. The number of hydrogen-bond donors (Lipinski definition) is 0. The minimum Gasteiger partial charge on any atom is -0.346 e. The maximum absolute atomic E-state index is 4.73. The molecule has 4 rings (SSSR count). The van der Waals surface area contributed by atoms with Gasteiger partial charge in [0.05, 0.1) is 11.4 Å². The number of likely N-dealkylation sites (N-methyl/N-ethyl adjacent to an activating group) is 1. The highest BCUT2D eigenvalue weighted by Crippen LogP contribution is 2.21. The highest BCUT2D eigenvalue weighted by Gasteiger charge is 2.11. The summed E-state index contributed by atoms with van der Waals surface area (Å²) in [4.78, 5) is 11.3. The van der Waals surface area contributed by atoms with Gasteiger partial charge in [0.25, 0.3) is 0 Å². The van der Waals surface area contributed by atoms with Gasteiger partial charge in [0, 0.05) is 56.9 Å².